The van der Waals surface area contributed by atoms with E-state index in [1.54, 1.807) is 0 Å². The Morgan fingerprint density at radius 1 is 0.800 bits per heavy atom. The summed E-state index contributed by atoms with van der Waals surface area (Å²) in [5.41, 5.74) is 3.78. The van der Waals surface area contributed by atoms with Gasteiger partial charge in [0, 0.05) is 55.9 Å². The van der Waals surface area contributed by atoms with Crippen LogP contribution in [0.5, 0.6) is 0 Å². The van der Waals surface area contributed by atoms with Crippen LogP contribution in [-0.4, -0.2) is 42.5 Å². The molecule has 3 aromatic carbocycles. The van der Waals surface area contributed by atoms with E-state index in [0.29, 0.717) is 11.5 Å². The van der Waals surface area contributed by atoms with Crippen molar-refractivity contribution >= 4 is 36.4 Å². The standard InChI is InChI=1S/C28H31ClF2N2.2ClH/c1-21(19-32-14-16-33(17-15-32)20-23-6-10-25(29)11-7-23)2-3-22-4-8-24(9-5-22)27-13-12-26(30)18-28(27)31;;/h4-13,18,21H,2-3,14-17,19-20H2,1H3;2*1H. The molecule has 35 heavy (non-hydrogen) atoms. The predicted octanol–water partition coefficient (Wildman–Crippen LogP) is 7.52. The molecule has 2 nitrogen and oxygen atoms in total. The summed E-state index contributed by atoms with van der Waals surface area (Å²) in [5, 5.41) is 0.787. The number of benzene rings is 3. The zero-order valence-electron chi connectivity index (χ0n) is 19.9. The predicted molar refractivity (Wildman–Crippen MR) is 147 cm³/mol. The van der Waals surface area contributed by atoms with Crippen molar-refractivity contribution in [2.75, 3.05) is 32.7 Å². The Labute approximate surface area is 225 Å². The first-order chi connectivity index (χ1) is 16.0. The number of aryl methyl sites for hydroxylation is 1. The van der Waals surface area contributed by atoms with Gasteiger partial charge < -0.3 is 4.90 Å². The zero-order valence-corrected chi connectivity index (χ0v) is 22.3. The van der Waals surface area contributed by atoms with Crippen LogP contribution in [0.25, 0.3) is 11.1 Å². The van der Waals surface area contributed by atoms with Gasteiger partial charge in [-0.3, -0.25) is 4.90 Å². The van der Waals surface area contributed by atoms with Gasteiger partial charge in [-0.1, -0.05) is 54.9 Å². The maximum atomic E-state index is 14.0. The van der Waals surface area contributed by atoms with E-state index in [-0.39, 0.29) is 24.8 Å². The third-order valence-electron chi connectivity index (χ3n) is 6.48. The maximum Gasteiger partial charge on any atom is 0.133 e. The second kappa shape index (κ2) is 14.2. The van der Waals surface area contributed by atoms with Crippen molar-refractivity contribution < 1.29 is 8.78 Å². The largest absolute Gasteiger partial charge is 0.301 e. The van der Waals surface area contributed by atoms with Crippen LogP contribution in [0.1, 0.15) is 24.5 Å². The molecule has 4 rings (SSSR count). The highest BCUT2D eigenvalue weighted by atomic mass is 35.5. The van der Waals surface area contributed by atoms with Gasteiger partial charge in [-0.2, -0.15) is 0 Å². The van der Waals surface area contributed by atoms with Crippen LogP contribution in [0.15, 0.2) is 66.7 Å². The molecule has 0 aliphatic carbocycles. The van der Waals surface area contributed by atoms with E-state index < -0.39 is 11.6 Å². The summed E-state index contributed by atoms with van der Waals surface area (Å²) in [7, 11) is 0. The number of hydrogen-bond acceptors (Lipinski definition) is 2. The third kappa shape index (κ3) is 8.73. The number of halogens is 5. The second-order valence-corrected chi connectivity index (χ2v) is 9.60. The van der Waals surface area contributed by atoms with Gasteiger partial charge in [-0.15, -0.1) is 24.8 Å². The van der Waals surface area contributed by atoms with Crippen molar-refractivity contribution in [2.24, 2.45) is 5.92 Å². The summed E-state index contributed by atoms with van der Waals surface area (Å²) in [6.07, 6.45) is 2.12. The molecule has 0 bridgehead atoms. The van der Waals surface area contributed by atoms with E-state index >= 15 is 0 Å². The Kier molecular flexibility index (Phi) is 11.9. The highest BCUT2D eigenvalue weighted by Gasteiger charge is 2.18. The van der Waals surface area contributed by atoms with Crippen molar-refractivity contribution in [3.63, 3.8) is 0 Å². The van der Waals surface area contributed by atoms with Crippen molar-refractivity contribution in [2.45, 2.75) is 26.3 Å². The SMILES string of the molecule is CC(CCc1ccc(-c2ccc(F)cc2F)cc1)CN1CCN(Cc2ccc(Cl)cc2)CC1.Cl.Cl. The number of nitrogens with zero attached hydrogens (tertiary/aromatic N) is 2. The van der Waals surface area contributed by atoms with Gasteiger partial charge >= 0.3 is 0 Å². The molecule has 0 N–H and O–H groups in total. The van der Waals surface area contributed by atoms with Gasteiger partial charge in [-0.05, 0) is 59.7 Å². The van der Waals surface area contributed by atoms with Crippen LogP contribution in [0.4, 0.5) is 8.78 Å². The molecule has 1 fully saturated rings. The summed E-state index contributed by atoms with van der Waals surface area (Å²) in [6.45, 7) is 8.83. The first-order valence-electron chi connectivity index (χ1n) is 11.7. The van der Waals surface area contributed by atoms with Crippen molar-refractivity contribution in [3.05, 3.63) is 94.5 Å². The fraction of sp³-hybridized carbons (Fsp3) is 0.357. The van der Waals surface area contributed by atoms with Gasteiger partial charge in [0.05, 0.1) is 0 Å². The molecule has 190 valence electrons. The molecule has 1 heterocycles. The molecule has 1 unspecified atom stereocenters. The number of rotatable bonds is 8. The Balaban J connectivity index is 0.00000216. The smallest absolute Gasteiger partial charge is 0.133 e. The summed E-state index contributed by atoms with van der Waals surface area (Å²) in [4.78, 5) is 5.08. The summed E-state index contributed by atoms with van der Waals surface area (Å²) in [6, 6.07) is 19.8. The highest BCUT2D eigenvalue weighted by Crippen LogP contribution is 2.24. The van der Waals surface area contributed by atoms with Crippen LogP contribution in [0.2, 0.25) is 5.02 Å². The van der Waals surface area contributed by atoms with Crippen LogP contribution >= 0.6 is 36.4 Å². The molecule has 0 aromatic heterocycles. The lowest BCUT2D eigenvalue weighted by atomic mass is 9.98. The fourth-order valence-corrected chi connectivity index (χ4v) is 4.62. The Morgan fingerprint density at radius 2 is 1.40 bits per heavy atom. The van der Waals surface area contributed by atoms with E-state index in [2.05, 4.69) is 41.0 Å². The summed E-state index contributed by atoms with van der Waals surface area (Å²) >= 11 is 5.98. The lowest BCUT2D eigenvalue weighted by Gasteiger charge is -2.36. The minimum Gasteiger partial charge on any atom is -0.301 e. The molecule has 0 amide bonds. The van der Waals surface area contributed by atoms with E-state index in [0.717, 1.165) is 68.8 Å². The monoisotopic (exact) mass is 540 g/mol. The highest BCUT2D eigenvalue weighted by molar-refractivity contribution is 6.30. The van der Waals surface area contributed by atoms with Crippen LogP contribution < -0.4 is 0 Å². The molecule has 1 aliphatic rings. The first-order valence-corrected chi connectivity index (χ1v) is 12.1. The molecule has 3 aromatic rings. The molecular formula is C28H33Cl3F2N2. The topological polar surface area (TPSA) is 6.48 Å². The van der Waals surface area contributed by atoms with Crippen LogP contribution in [0.3, 0.4) is 0 Å². The molecule has 1 aliphatic heterocycles. The van der Waals surface area contributed by atoms with Gasteiger partial charge in [0.25, 0.3) is 0 Å². The minimum absolute atomic E-state index is 0. The molecule has 0 spiro atoms. The van der Waals surface area contributed by atoms with Gasteiger partial charge in [-0.25, -0.2) is 8.78 Å². The van der Waals surface area contributed by atoms with Crippen LogP contribution in [-0.2, 0) is 13.0 Å². The van der Waals surface area contributed by atoms with Gasteiger partial charge in [0.2, 0.25) is 0 Å². The van der Waals surface area contributed by atoms with Crippen molar-refractivity contribution in [1.82, 2.24) is 9.80 Å². The Hall–Kier alpha value is -1.69. The number of hydrogen-bond donors (Lipinski definition) is 0. The van der Waals surface area contributed by atoms with Crippen molar-refractivity contribution in [1.29, 1.82) is 0 Å². The zero-order chi connectivity index (χ0) is 23.2. The summed E-state index contributed by atoms with van der Waals surface area (Å²) < 4.78 is 27.2. The normalized spacial score (nSPS) is 15.2. The van der Waals surface area contributed by atoms with E-state index in [1.165, 1.54) is 23.3 Å². The average molecular weight is 542 g/mol. The molecule has 7 heteroatoms. The Morgan fingerprint density at radius 3 is 2.03 bits per heavy atom. The van der Waals surface area contributed by atoms with Gasteiger partial charge in [0.15, 0.2) is 0 Å². The second-order valence-electron chi connectivity index (χ2n) is 9.17. The quantitative estimate of drug-likeness (QED) is 0.291. The molecule has 0 saturated carbocycles. The van der Waals surface area contributed by atoms with E-state index in [9.17, 15) is 8.78 Å². The lowest BCUT2D eigenvalue weighted by molar-refractivity contribution is 0.114. The van der Waals surface area contributed by atoms with E-state index in [4.69, 9.17) is 11.6 Å². The fourth-order valence-electron chi connectivity index (χ4n) is 4.50. The Bertz CT molecular complexity index is 1040. The third-order valence-corrected chi connectivity index (χ3v) is 6.73. The lowest BCUT2D eigenvalue weighted by Crippen LogP contribution is -2.47. The summed E-state index contributed by atoms with van der Waals surface area (Å²) in [5.74, 6) is -0.462. The van der Waals surface area contributed by atoms with Crippen LogP contribution in [0, 0.1) is 17.6 Å². The average Bonchev–Trinajstić information content (AvgIpc) is 2.81. The number of piperazine rings is 1. The molecule has 0 radical (unpaired) electrons. The first kappa shape index (κ1) is 29.5. The van der Waals surface area contributed by atoms with Gasteiger partial charge in [0.1, 0.15) is 11.6 Å². The van der Waals surface area contributed by atoms with Crippen molar-refractivity contribution in [3.8, 4) is 11.1 Å². The maximum absolute atomic E-state index is 14.0. The molecule has 1 saturated heterocycles. The van der Waals surface area contributed by atoms with E-state index in [1.807, 2.05) is 24.3 Å². The molecular weight excluding hydrogens is 509 g/mol. The molecule has 1 atom stereocenters. The minimum atomic E-state index is -0.551.